The molecular formula is C20H16F3N3O4S. The van der Waals surface area contributed by atoms with Crippen molar-refractivity contribution in [1.82, 2.24) is 4.98 Å². The first-order valence-corrected chi connectivity index (χ1v) is 9.65. The molecule has 0 fully saturated rings. The number of carbonyl (C=O) groups is 2. The molecule has 0 unspecified atom stereocenters. The van der Waals surface area contributed by atoms with Gasteiger partial charge in [0.15, 0.2) is 5.13 Å². The summed E-state index contributed by atoms with van der Waals surface area (Å²) in [6, 6.07) is 11.3. The molecule has 7 nitrogen and oxygen atoms in total. The standard InChI is InChI=1S/C20H16F3N3O4S/c1-29-15-6-2-12(3-7-15)18(28)26-19-25-14(11-31-19)10-17(27)24-13-4-8-16(9-5-13)30-20(21,22)23/h2-9,11H,10H2,1H3,(H,24,27)(H,25,26,28). The molecule has 0 radical (unpaired) electrons. The van der Waals surface area contributed by atoms with E-state index in [2.05, 4.69) is 20.4 Å². The highest BCUT2D eigenvalue weighted by Crippen LogP contribution is 2.24. The lowest BCUT2D eigenvalue weighted by molar-refractivity contribution is -0.274. The minimum absolute atomic E-state index is 0.0737. The van der Waals surface area contributed by atoms with Crippen LogP contribution in [0.3, 0.4) is 0 Å². The number of methoxy groups -OCH3 is 1. The van der Waals surface area contributed by atoms with Gasteiger partial charge in [-0.3, -0.25) is 14.9 Å². The lowest BCUT2D eigenvalue weighted by atomic mass is 10.2. The van der Waals surface area contributed by atoms with E-state index in [1.807, 2.05) is 0 Å². The fourth-order valence-electron chi connectivity index (χ4n) is 2.47. The van der Waals surface area contributed by atoms with Gasteiger partial charge in [0.1, 0.15) is 11.5 Å². The number of benzene rings is 2. The van der Waals surface area contributed by atoms with E-state index in [1.54, 1.807) is 29.6 Å². The monoisotopic (exact) mass is 451 g/mol. The molecule has 0 saturated heterocycles. The molecule has 3 rings (SSSR count). The van der Waals surface area contributed by atoms with Gasteiger partial charge in [-0.2, -0.15) is 0 Å². The summed E-state index contributed by atoms with van der Waals surface area (Å²) in [7, 11) is 1.53. The van der Waals surface area contributed by atoms with Crippen LogP contribution in [0.15, 0.2) is 53.9 Å². The summed E-state index contributed by atoms with van der Waals surface area (Å²) in [6.45, 7) is 0. The van der Waals surface area contributed by atoms with Gasteiger partial charge in [-0.1, -0.05) is 0 Å². The largest absolute Gasteiger partial charge is 0.573 e. The Hall–Kier alpha value is -3.60. The lowest BCUT2D eigenvalue weighted by Crippen LogP contribution is -2.17. The predicted molar refractivity (Wildman–Crippen MR) is 109 cm³/mol. The number of thiazole rings is 1. The molecular weight excluding hydrogens is 435 g/mol. The third-order valence-corrected chi connectivity index (χ3v) is 4.64. The summed E-state index contributed by atoms with van der Waals surface area (Å²) in [4.78, 5) is 28.6. The van der Waals surface area contributed by atoms with Gasteiger partial charge in [0, 0.05) is 16.6 Å². The van der Waals surface area contributed by atoms with Crippen LogP contribution in [0.2, 0.25) is 0 Å². The molecule has 0 spiro atoms. The van der Waals surface area contributed by atoms with Crippen LogP contribution in [0.4, 0.5) is 24.0 Å². The van der Waals surface area contributed by atoms with Crippen molar-refractivity contribution >= 4 is 34.0 Å². The Morgan fingerprint density at radius 1 is 1.00 bits per heavy atom. The van der Waals surface area contributed by atoms with Crippen molar-refractivity contribution in [2.75, 3.05) is 17.7 Å². The van der Waals surface area contributed by atoms with Gasteiger partial charge in [-0.25, -0.2) is 4.98 Å². The first-order valence-electron chi connectivity index (χ1n) is 8.77. The van der Waals surface area contributed by atoms with Gasteiger partial charge in [-0.05, 0) is 48.5 Å². The molecule has 31 heavy (non-hydrogen) atoms. The van der Waals surface area contributed by atoms with Gasteiger partial charge >= 0.3 is 6.36 Å². The molecule has 11 heteroatoms. The van der Waals surface area contributed by atoms with Crippen LogP contribution < -0.4 is 20.1 Å². The van der Waals surface area contributed by atoms with Crippen molar-refractivity contribution in [3.8, 4) is 11.5 Å². The van der Waals surface area contributed by atoms with Crippen LogP contribution >= 0.6 is 11.3 Å². The normalized spacial score (nSPS) is 11.0. The average Bonchev–Trinajstić information content (AvgIpc) is 3.15. The van der Waals surface area contributed by atoms with Gasteiger partial charge in [-0.15, -0.1) is 24.5 Å². The van der Waals surface area contributed by atoms with Gasteiger partial charge in [0.05, 0.1) is 19.2 Å². The van der Waals surface area contributed by atoms with Crippen molar-refractivity contribution in [2.45, 2.75) is 12.8 Å². The Balaban J connectivity index is 1.53. The van der Waals surface area contributed by atoms with Crippen LogP contribution in [0.25, 0.3) is 0 Å². The Kier molecular flexibility index (Phi) is 6.75. The number of anilines is 2. The van der Waals surface area contributed by atoms with Crippen LogP contribution in [0, 0.1) is 0 Å². The van der Waals surface area contributed by atoms with Gasteiger partial charge in [0.2, 0.25) is 5.91 Å². The van der Waals surface area contributed by atoms with Gasteiger partial charge < -0.3 is 14.8 Å². The molecule has 162 valence electrons. The summed E-state index contributed by atoms with van der Waals surface area (Å²) in [5.41, 5.74) is 1.17. The molecule has 0 aliphatic heterocycles. The third-order valence-electron chi connectivity index (χ3n) is 3.84. The van der Waals surface area contributed by atoms with E-state index in [9.17, 15) is 22.8 Å². The van der Waals surface area contributed by atoms with E-state index in [0.29, 0.717) is 27.8 Å². The van der Waals surface area contributed by atoms with Crippen molar-refractivity contribution < 1.29 is 32.2 Å². The maximum absolute atomic E-state index is 12.3. The molecule has 0 aliphatic rings. The molecule has 2 aromatic carbocycles. The second-order valence-electron chi connectivity index (χ2n) is 6.12. The molecule has 0 atom stereocenters. The van der Waals surface area contributed by atoms with E-state index >= 15 is 0 Å². The topological polar surface area (TPSA) is 89.5 Å². The molecule has 0 aliphatic carbocycles. The zero-order chi connectivity index (χ0) is 22.4. The van der Waals surface area contributed by atoms with Crippen LogP contribution in [0.1, 0.15) is 16.1 Å². The number of ether oxygens (including phenoxy) is 2. The Bertz CT molecular complexity index is 1050. The summed E-state index contributed by atoms with van der Waals surface area (Å²) in [5, 5.41) is 7.17. The zero-order valence-electron chi connectivity index (χ0n) is 16.0. The molecule has 2 amide bonds. The minimum atomic E-state index is -4.78. The number of alkyl halides is 3. The Morgan fingerprint density at radius 2 is 1.65 bits per heavy atom. The predicted octanol–water partition coefficient (Wildman–Crippen LogP) is 4.48. The summed E-state index contributed by atoms with van der Waals surface area (Å²) < 4.78 is 45.3. The van der Waals surface area contributed by atoms with Gasteiger partial charge in [0.25, 0.3) is 5.91 Å². The van der Waals surface area contributed by atoms with Crippen molar-refractivity contribution in [2.24, 2.45) is 0 Å². The number of aromatic nitrogens is 1. The highest BCUT2D eigenvalue weighted by Gasteiger charge is 2.30. The summed E-state index contributed by atoms with van der Waals surface area (Å²) >= 11 is 1.16. The molecule has 2 N–H and O–H groups in total. The number of hydrogen-bond donors (Lipinski definition) is 2. The highest BCUT2D eigenvalue weighted by atomic mass is 32.1. The second kappa shape index (κ2) is 9.47. The number of nitrogens with zero attached hydrogens (tertiary/aromatic N) is 1. The fourth-order valence-corrected chi connectivity index (χ4v) is 3.17. The molecule has 1 aromatic heterocycles. The number of rotatable bonds is 7. The van der Waals surface area contributed by atoms with Crippen LogP contribution in [-0.2, 0) is 11.2 Å². The maximum Gasteiger partial charge on any atom is 0.573 e. The number of hydrogen-bond acceptors (Lipinski definition) is 6. The first-order chi connectivity index (χ1) is 14.7. The Labute approximate surface area is 178 Å². The lowest BCUT2D eigenvalue weighted by Gasteiger charge is -2.09. The molecule has 0 saturated carbocycles. The molecule has 1 heterocycles. The second-order valence-corrected chi connectivity index (χ2v) is 6.98. The SMILES string of the molecule is COc1ccc(C(=O)Nc2nc(CC(=O)Nc3ccc(OC(F)(F)F)cc3)cs2)cc1. The first kappa shape index (κ1) is 22.1. The minimum Gasteiger partial charge on any atom is -0.497 e. The fraction of sp³-hybridized carbons (Fsp3) is 0.150. The molecule has 0 bridgehead atoms. The van der Waals surface area contributed by atoms with E-state index < -0.39 is 12.3 Å². The summed E-state index contributed by atoms with van der Waals surface area (Å²) in [6.07, 6.45) is -4.86. The third kappa shape index (κ3) is 6.71. The smallest absolute Gasteiger partial charge is 0.497 e. The van der Waals surface area contributed by atoms with E-state index in [1.165, 1.54) is 19.2 Å². The summed E-state index contributed by atoms with van der Waals surface area (Å²) in [5.74, 6) is -0.527. The maximum atomic E-state index is 12.3. The van der Waals surface area contributed by atoms with Crippen LogP contribution in [0.5, 0.6) is 11.5 Å². The van der Waals surface area contributed by atoms with Crippen molar-refractivity contribution in [1.29, 1.82) is 0 Å². The van der Waals surface area contributed by atoms with Crippen LogP contribution in [-0.4, -0.2) is 30.3 Å². The quantitative estimate of drug-likeness (QED) is 0.553. The number of carbonyl (C=O) groups excluding carboxylic acids is 2. The number of nitrogens with one attached hydrogen (secondary N) is 2. The number of halogens is 3. The van der Waals surface area contributed by atoms with Crippen molar-refractivity contribution in [3.05, 3.63) is 65.2 Å². The van der Waals surface area contributed by atoms with E-state index in [0.717, 1.165) is 23.5 Å². The average molecular weight is 451 g/mol. The zero-order valence-corrected chi connectivity index (χ0v) is 16.8. The highest BCUT2D eigenvalue weighted by molar-refractivity contribution is 7.14. The Morgan fingerprint density at radius 3 is 2.26 bits per heavy atom. The van der Waals surface area contributed by atoms with Crippen molar-refractivity contribution in [3.63, 3.8) is 0 Å². The molecule has 3 aromatic rings. The van der Waals surface area contributed by atoms with E-state index in [4.69, 9.17) is 4.74 Å². The van der Waals surface area contributed by atoms with E-state index in [-0.39, 0.29) is 18.1 Å². The number of amides is 2.